The van der Waals surface area contributed by atoms with Crippen molar-refractivity contribution in [3.05, 3.63) is 72.3 Å². The molecule has 3 heteroatoms. The van der Waals surface area contributed by atoms with Crippen LogP contribution in [0.1, 0.15) is 22.8 Å². The summed E-state index contributed by atoms with van der Waals surface area (Å²) in [5, 5.41) is 2.95. The molecule has 0 fully saturated rings. The van der Waals surface area contributed by atoms with E-state index in [0.29, 0.717) is 5.56 Å². The van der Waals surface area contributed by atoms with Gasteiger partial charge in [-0.3, -0.25) is 4.79 Å². The molecule has 0 unspecified atom stereocenters. The Bertz CT molecular complexity index is 619. The number of nitrogens with one attached hydrogen (secondary N) is 1. The van der Waals surface area contributed by atoms with Crippen LogP contribution in [0.2, 0.25) is 0 Å². The number of thioether (sulfide) groups is 1. The minimum Gasteiger partial charge on any atom is -0.322 e. The zero-order chi connectivity index (χ0) is 15.1. The first kappa shape index (κ1) is 15.4. The van der Waals surface area contributed by atoms with E-state index in [1.165, 1.54) is 5.56 Å². The number of carbonyl (C=O) groups excluding carboxylic acids is 1. The van der Waals surface area contributed by atoms with E-state index in [4.69, 9.17) is 0 Å². The molecule has 0 aromatic heterocycles. The van der Waals surface area contributed by atoms with Gasteiger partial charge < -0.3 is 5.32 Å². The highest BCUT2D eigenvalue weighted by Gasteiger charge is 2.11. The third kappa shape index (κ3) is 4.23. The maximum atomic E-state index is 12.4. The molecule has 0 aliphatic carbocycles. The topological polar surface area (TPSA) is 29.1 Å². The minimum absolute atomic E-state index is 0.0774. The summed E-state index contributed by atoms with van der Waals surface area (Å²) in [6, 6.07) is 15.6. The number of hydrogen-bond donors (Lipinski definition) is 1. The molecule has 0 aliphatic rings. The van der Waals surface area contributed by atoms with Gasteiger partial charge in [-0.05, 0) is 36.2 Å². The lowest BCUT2D eigenvalue weighted by molar-refractivity contribution is 0.102. The third-order valence-corrected chi connectivity index (χ3v) is 4.18. The Morgan fingerprint density at radius 2 is 1.90 bits per heavy atom. The molecule has 21 heavy (non-hydrogen) atoms. The molecule has 0 atom stereocenters. The molecule has 0 bridgehead atoms. The summed E-state index contributed by atoms with van der Waals surface area (Å²) >= 11 is 1.61. The van der Waals surface area contributed by atoms with Crippen molar-refractivity contribution in [1.82, 2.24) is 0 Å². The predicted octanol–water partition coefficient (Wildman–Crippen LogP) is 4.78. The molecular weight excluding hydrogens is 278 g/mol. The Kier molecular flexibility index (Phi) is 5.64. The zero-order valence-corrected chi connectivity index (χ0v) is 13.0. The molecule has 0 aliphatic heterocycles. The maximum Gasteiger partial charge on any atom is 0.256 e. The molecule has 2 nitrogen and oxygen atoms in total. The summed E-state index contributed by atoms with van der Waals surface area (Å²) in [4.78, 5) is 13.4. The van der Waals surface area contributed by atoms with E-state index < -0.39 is 0 Å². The standard InChI is InChI=1S/C18H19NOS/c1-3-13-21-17-8-6-5-7-16(17)18(20)19-15-11-9-14(4-2)10-12-15/h3,5-12H,1,4,13H2,2H3,(H,19,20). The van der Waals surface area contributed by atoms with Crippen LogP contribution in [0.5, 0.6) is 0 Å². The summed E-state index contributed by atoms with van der Waals surface area (Å²) < 4.78 is 0. The highest BCUT2D eigenvalue weighted by molar-refractivity contribution is 7.99. The van der Waals surface area contributed by atoms with E-state index in [0.717, 1.165) is 22.8 Å². The average Bonchev–Trinajstić information content (AvgIpc) is 2.54. The molecule has 2 rings (SSSR count). The van der Waals surface area contributed by atoms with Crippen molar-refractivity contribution in [1.29, 1.82) is 0 Å². The van der Waals surface area contributed by atoms with Crippen molar-refractivity contribution in [3.8, 4) is 0 Å². The first-order valence-electron chi connectivity index (χ1n) is 6.97. The summed E-state index contributed by atoms with van der Waals surface area (Å²) in [5.41, 5.74) is 2.78. The van der Waals surface area contributed by atoms with Crippen molar-refractivity contribution in [2.24, 2.45) is 0 Å². The van der Waals surface area contributed by atoms with Gasteiger partial charge in [0.1, 0.15) is 0 Å². The molecule has 0 saturated heterocycles. The van der Waals surface area contributed by atoms with Gasteiger partial charge in [-0.2, -0.15) is 0 Å². The van der Waals surface area contributed by atoms with Crippen LogP contribution in [0.4, 0.5) is 5.69 Å². The van der Waals surface area contributed by atoms with Crippen molar-refractivity contribution in [2.45, 2.75) is 18.2 Å². The van der Waals surface area contributed by atoms with E-state index in [1.807, 2.05) is 54.6 Å². The highest BCUT2D eigenvalue weighted by Crippen LogP contribution is 2.23. The number of carbonyl (C=O) groups is 1. The van der Waals surface area contributed by atoms with Crippen LogP contribution in [0.3, 0.4) is 0 Å². The Balaban J connectivity index is 2.13. The van der Waals surface area contributed by atoms with Crippen molar-refractivity contribution in [3.63, 3.8) is 0 Å². The van der Waals surface area contributed by atoms with Crippen LogP contribution in [0.25, 0.3) is 0 Å². The van der Waals surface area contributed by atoms with Gasteiger partial charge in [-0.15, -0.1) is 18.3 Å². The molecule has 0 radical (unpaired) electrons. The number of aryl methyl sites for hydroxylation is 1. The second kappa shape index (κ2) is 7.70. The van der Waals surface area contributed by atoms with Crippen LogP contribution in [0.15, 0.2) is 66.1 Å². The number of hydrogen-bond acceptors (Lipinski definition) is 2. The van der Waals surface area contributed by atoms with Gasteiger partial charge in [0.2, 0.25) is 0 Å². The summed E-state index contributed by atoms with van der Waals surface area (Å²) in [6.45, 7) is 5.82. The van der Waals surface area contributed by atoms with E-state index in [2.05, 4.69) is 18.8 Å². The molecule has 1 N–H and O–H groups in total. The van der Waals surface area contributed by atoms with Crippen molar-refractivity contribution < 1.29 is 4.79 Å². The van der Waals surface area contributed by atoms with Gasteiger partial charge in [-0.1, -0.05) is 37.3 Å². The second-order valence-electron chi connectivity index (χ2n) is 4.60. The van der Waals surface area contributed by atoms with Gasteiger partial charge in [0.25, 0.3) is 5.91 Å². The van der Waals surface area contributed by atoms with Crippen molar-refractivity contribution in [2.75, 3.05) is 11.1 Å². The molecular formula is C18H19NOS. The molecule has 2 aromatic rings. The number of rotatable bonds is 6. The first-order chi connectivity index (χ1) is 10.2. The summed E-state index contributed by atoms with van der Waals surface area (Å²) in [6.07, 6.45) is 2.83. The quantitative estimate of drug-likeness (QED) is 0.614. The highest BCUT2D eigenvalue weighted by atomic mass is 32.2. The average molecular weight is 297 g/mol. The summed E-state index contributed by atoms with van der Waals surface area (Å²) in [5.74, 6) is 0.710. The van der Waals surface area contributed by atoms with Crippen LogP contribution in [-0.2, 0) is 6.42 Å². The summed E-state index contributed by atoms with van der Waals surface area (Å²) in [7, 11) is 0. The fraction of sp³-hybridized carbons (Fsp3) is 0.167. The third-order valence-electron chi connectivity index (χ3n) is 3.11. The smallest absolute Gasteiger partial charge is 0.256 e. The van der Waals surface area contributed by atoms with Gasteiger partial charge in [0.15, 0.2) is 0 Å². The largest absolute Gasteiger partial charge is 0.322 e. The van der Waals surface area contributed by atoms with Crippen LogP contribution >= 0.6 is 11.8 Å². The zero-order valence-electron chi connectivity index (χ0n) is 12.1. The Hall–Kier alpha value is -2.00. The Morgan fingerprint density at radius 3 is 2.57 bits per heavy atom. The molecule has 1 amide bonds. The van der Waals surface area contributed by atoms with Gasteiger partial charge >= 0.3 is 0 Å². The second-order valence-corrected chi connectivity index (χ2v) is 5.66. The molecule has 0 heterocycles. The SMILES string of the molecule is C=CCSc1ccccc1C(=O)Nc1ccc(CC)cc1. The fourth-order valence-electron chi connectivity index (χ4n) is 1.95. The van der Waals surface area contributed by atoms with Gasteiger partial charge in [0.05, 0.1) is 5.56 Å². The maximum absolute atomic E-state index is 12.4. The van der Waals surface area contributed by atoms with Crippen molar-refractivity contribution >= 4 is 23.4 Å². The first-order valence-corrected chi connectivity index (χ1v) is 7.96. The van der Waals surface area contributed by atoms with Gasteiger partial charge in [-0.25, -0.2) is 0 Å². The lowest BCUT2D eigenvalue weighted by Crippen LogP contribution is -2.13. The van der Waals surface area contributed by atoms with E-state index >= 15 is 0 Å². The molecule has 0 saturated carbocycles. The van der Waals surface area contributed by atoms with E-state index in [1.54, 1.807) is 11.8 Å². The van der Waals surface area contributed by atoms with E-state index in [9.17, 15) is 4.79 Å². The molecule has 2 aromatic carbocycles. The lowest BCUT2D eigenvalue weighted by atomic mass is 10.1. The molecule has 0 spiro atoms. The van der Waals surface area contributed by atoms with Crippen LogP contribution < -0.4 is 5.32 Å². The Morgan fingerprint density at radius 1 is 1.19 bits per heavy atom. The normalized spacial score (nSPS) is 10.1. The minimum atomic E-state index is -0.0774. The Labute approximate surface area is 130 Å². The number of amides is 1. The van der Waals surface area contributed by atoms with Crippen LogP contribution in [0, 0.1) is 0 Å². The number of anilines is 1. The van der Waals surface area contributed by atoms with E-state index in [-0.39, 0.29) is 5.91 Å². The predicted molar refractivity (Wildman–Crippen MR) is 91.1 cm³/mol. The number of benzene rings is 2. The monoisotopic (exact) mass is 297 g/mol. The molecule has 108 valence electrons. The lowest BCUT2D eigenvalue weighted by Gasteiger charge is -2.09. The van der Waals surface area contributed by atoms with Gasteiger partial charge in [0, 0.05) is 16.3 Å². The van der Waals surface area contributed by atoms with Crippen LogP contribution in [-0.4, -0.2) is 11.7 Å². The fourth-order valence-corrected chi connectivity index (χ4v) is 2.74.